The molecule has 1 aliphatic carbocycles. The molecular weight excluding hydrogens is 796 g/mol. The van der Waals surface area contributed by atoms with Gasteiger partial charge in [-0.25, -0.2) is 4.98 Å². The van der Waals surface area contributed by atoms with Gasteiger partial charge in [-0.3, -0.25) is 38.7 Å². The van der Waals surface area contributed by atoms with Gasteiger partial charge in [0.15, 0.2) is 0 Å². The number of hydrogen-bond donors (Lipinski definition) is 1. The highest BCUT2D eigenvalue weighted by Crippen LogP contribution is 2.58. The lowest BCUT2D eigenvalue weighted by atomic mass is 9.48. The van der Waals surface area contributed by atoms with Gasteiger partial charge in [-0.05, 0) is 81.5 Å². The van der Waals surface area contributed by atoms with Crippen molar-refractivity contribution < 1.29 is 28.7 Å². The molecule has 5 amide bonds. The number of nitrogens with zero attached hydrogens (tertiary/aromatic N) is 7. The fourth-order valence-electron chi connectivity index (χ4n) is 11.4. The summed E-state index contributed by atoms with van der Waals surface area (Å²) >= 11 is 6.29. The zero-order valence-corrected chi connectivity index (χ0v) is 36.3. The lowest BCUT2D eigenvalue weighted by Gasteiger charge is -2.65. The molecule has 14 nitrogen and oxygen atoms in total. The molecule has 0 radical (unpaired) electrons. The third-order valence-corrected chi connectivity index (χ3v) is 14.1. The van der Waals surface area contributed by atoms with Crippen molar-refractivity contribution in [3.05, 3.63) is 82.0 Å². The fraction of sp³-hybridized carbons (Fsp3) is 0.500. The van der Waals surface area contributed by atoms with E-state index in [1.54, 1.807) is 36.4 Å². The molecule has 1 aromatic heterocycles. The molecular formula is C46H53ClN8O6. The van der Waals surface area contributed by atoms with Crippen LogP contribution in [-0.4, -0.2) is 112 Å². The number of carbonyl (C=O) groups is 5. The minimum absolute atomic E-state index is 0.0102. The predicted molar refractivity (Wildman–Crippen MR) is 229 cm³/mol. The maximum atomic E-state index is 14.5. The molecule has 2 aromatic carbocycles. The highest BCUT2D eigenvalue weighted by Gasteiger charge is 2.68. The van der Waals surface area contributed by atoms with Crippen LogP contribution in [0.4, 0.5) is 11.5 Å². The summed E-state index contributed by atoms with van der Waals surface area (Å²) in [5.41, 5.74) is 6.07. The zero-order valence-electron chi connectivity index (χ0n) is 35.6. The Morgan fingerprint density at radius 3 is 2.18 bits per heavy atom. The number of benzene rings is 2. The Kier molecular flexibility index (Phi) is 10.9. The minimum atomic E-state index is -1.12. The lowest BCUT2D eigenvalue weighted by molar-refractivity contribution is -0.216. The molecule has 61 heavy (non-hydrogen) atoms. The van der Waals surface area contributed by atoms with Gasteiger partial charge < -0.3 is 20.3 Å². The van der Waals surface area contributed by atoms with E-state index in [9.17, 15) is 29.2 Å². The van der Waals surface area contributed by atoms with Gasteiger partial charge in [0, 0.05) is 80.0 Å². The monoisotopic (exact) mass is 848 g/mol. The molecule has 1 saturated carbocycles. The Hall–Kier alpha value is -5.52. The van der Waals surface area contributed by atoms with Crippen molar-refractivity contribution in [2.45, 2.75) is 97.5 Å². The Bertz CT molecular complexity index is 2310. The van der Waals surface area contributed by atoms with E-state index in [1.807, 2.05) is 45.9 Å². The molecule has 15 heteroatoms. The summed E-state index contributed by atoms with van der Waals surface area (Å²) in [6.45, 7) is 16.6. The Morgan fingerprint density at radius 2 is 1.57 bits per heavy atom. The molecule has 5 aliphatic rings. The van der Waals surface area contributed by atoms with Gasteiger partial charge >= 0.3 is 0 Å². The van der Waals surface area contributed by atoms with Crippen LogP contribution in [0.15, 0.2) is 54.7 Å². The van der Waals surface area contributed by atoms with Gasteiger partial charge in [-0.2, -0.15) is 5.26 Å². The number of hydrogen-bond acceptors (Lipinski definition) is 11. The fourth-order valence-corrected chi connectivity index (χ4v) is 11.6. The molecule has 0 unspecified atom stereocenters. The molecule has 4 fully saturated rings. The number of fused-ring (bicyclic) bond motifs is 1. The smallest absolute Gasteiger partial charge is 0.262 e. The second-order valence-electron chi connectivity index (χ2n) is 18.7. The first-order chi connectivity index (χ1) is 28.9. The van der Waals surface area contributed by atoms with Gasteiger partial charge in [0.05, 0.1) is 33.3 Å². The number of ether oxygens (including phenoxy) is 1. The molecule has 5 heterocycles. The number of primary amides is 1. The van der Waals surface area contributed by atoms with Crippen molar-refractivity contribution in [2.24, 2.45) is 22.5 Å². The summed E-state index contributed by atoms with van der Waals surface area (Å²) in [7, 11) is 0. The van der Waals surface area contributed by atoms with Gasteiger partial charge in [-0.1, -0.05) is 39.3 Å². The van der Waals surface area contributed by atoms with Crippen LogP contribution in [0.25, 0.3) is 0 Å². The van der Waals surface area contributed by atoms with E-state index in [4.69, 9.17) is 22.1 Å². The van der Waals surface area contributed by atoms with Gasteiger partial charge in [0.1, 0.15) is 29.8 Å². The largest absolute Gasteiger partial charge is 0.489 e. The average Bonchev–Trinajstić information content (AvgIpc) is 3.46. The standard InChI is InChI=1S/C46H53ClN8O6/c1-26-23-51(25-28-15-17-52(18-16-28)37-13-8-30(22-50-37)39(49)57)24-27(2)53(26)31-9-11-33-34(19-31)41(59)54(40(33)58)36-12-14-38(56)55(42(36)60)43-45(3,4)44(46(43,5)6)61-32-10-7-29(21-48)35(47)20-32/h7-11,13,19-20,22,26-28,36,43-44H,12,14-18,23-25H2,1-6H3,(H2,49,57)/t26-,27-,36-,43?,44?/m1/s1. The first-order valence-electron chi connectivity index (χ1n) is 21.2. The quantitative estimate of drug-likeness (QED) is 0.269. The van der Waals surface area contributed by atoms with E-state index in [0.717, 1.165) is 62.0 Å². The van der Waals surface area contributed by atoms with Crippen LogP contribution < -0.4 is 20.3 Å². The van der Waals surface area contributed by atoms with Crippen LogP contribution in [-0.2, 0) is 9.59 Å². The van der Waals surface area contributed by atoms with E-state index >= 15 is 0 Å². The number of piperidine rings is 2. The Labute approximate surface area is 361 Å². The third kappa shape index (κ3) is 7.29. The number of nitrogens with two attached hydrogens (primary N) is 1. The van der Waals surface area contributed by atoms with Crippen molar-refractivity contribution in [1.29, 1.82) is 5.26 Å². The number of pyridine rings is 1. The van der Waals surface area contributed by atoms with Crippen molar-refractivity contribution in [2.75, 3.05) is 42.5 Å². The molecule has 0 spiro atoms. The number of aromatic nitrogens is 1. The average molecular weight is 849 g/mol. The van der Waals surface area contributed by atoms with Crippen molar-refractivity contribution >= 4 is 52.6 Å². The number of imide groups is 2. The topological polar surface area (TPSA) is 173 Å². The summed E-state index contributed by atoms with van der Waals surface area (Å²) in [5, 5.41) is 9.57. The number of nitriles is 1. The Morgan fingerprint density at radius 1 is 0.902 bits per heavy atom. The molecule has 3 atom stereocenters. The lowest BCUT2D eigenvalue weighted by Crippen LogP contribution is -2.77. The molecule has 3 aromatic rings. The van der Waals surface area contributed by atoms with Crippen LogP contribution in [0.1, 0.15) is 104 Å². The van der Waals surface area contributed by atoms with E-state index in [2.05, 4.69) is 33.5 Å². The molecule has 3 saturated heterocycles. The van der Waals surface area contributed by atoms with Gasteiger partial charge in [0.25, 0.3) is 17.7 Å². The number of carbonyl (C=O) groups excluding carboxylic acids is 5. The second-order valence-corrected chi connectivity index (χ2v) is 19.1. The summed E-state index contributed by atoms with van der Waals surface area (Å²) in [5.74, 6) is -0.569. The van der Waals surface area contributed by atoms with Crippen LogP contribution in [0, 0.1) is 28.1 Å². The molecule has 8 rings (SSSR count). The summed E-state index contributed by atoms with van der Waals surface area (Å²) in [4.78, 5) is 81.8. The third-order valence-electron chi connectivity index (χ3n) is 13.8. The predicted octanol–water partition coefficient (Wildman–Crippen LogP) is 5.52. The van der Waals surface area contributed by atoms with E-state index in [-0.39, 0.29) is 47.0 Å². The maximum Gasteiger partial charge on any atom is 0.262 e. The first kappa shape index (κ1) is 42.2. The van der Waals surface area contributed by atoms with Crippen LogP contribution in [0.2, 0.25) is 5.02 Å². The van der Waals surface area contributed by atoms with E-state index in [0.29, 0.717) is 22.8 Å². The normalized spacial score (nSPS) is 26.6. The molecule has 0 bridgehead atoms. The highest BCUT2D eigenvalue weighted by molar-refractivity contribution is 6.31. The summed E-state index contributed by atoms with van der Waals surface area (Å²) in [6, 6.07) is 14.4. The molecule has 320 valence electrons. The molecule has 2 N–H and O–H groups in total. The summed E-state index contributed by atoms with van der Waals surface area (Å²) < 4.78 is 6.42. The number of amides is 5. The van der Waals surface area contributed by atoms with Gasteiger partial charge in [-0.15, -0.1) is 0 Å². The number of halogens is 1. The summed E-state index contributed by atoms with van der Waals surface area (Å²) in [6.07, 6.45) is 3.24. The Balaban J connectivity index is 0.917. The SMILES string of the molecule is C[C@@H]1CN(CC2CCN(c3ccc(C(N)=O)cn3)CC2)C[C@@H](C)N1c1ccc2c(c1)C(=O)N([C@@H]1CCC(=O)N(C3C(C)(C)C(Oc4ccc(C#N)c(Cl)c4)C3(C)C)C1=O)C2=O. The maximum absolute atomic E-state index is 14.5. The highest BCUT2D eigenvalue weighted by atomic mass is 35.5. The van der Waals surface area contributed by atoms with Crippen LogP contribution in [0.3, 0.4) is 0 Å². The van der Waals surface area contributed by atoms with Gasteiger partial charge in [0.2, 0.25) is 11.8 Å². The first-order valence-corrected chi connectivity index (χ1v) is 21.6. The van der Waals surface area contributed by atoms with E-state index < -0.39 is 52.6 Å². The van der Waals surface area contributed by atoms with Crippen LogP contribution >= 0.6 is 11.6 Å². The molecule has 4 aliphatic heterocycles. The van der Waals surface area contributed by atoms with Crippen molar-refractivity contribution in [3.63, 3.8) is 0 Å². The number of piperazine rings is 1. The van der Waals surface area contributed by atoms with Crippen LogP contribution in [0.5, 0.6) is 5.75 Å². The zero-order chi connectivity index (χ0) is 43.7. The number of likely N-dealkylation sites (tertiary alicyclic amines) is 1. The second kappa shape index (κ2) is 15.7. The van der Waals surface area contributed by atoms with Crippen molar-refractivity contribution in [3.8, 4) is 11.8 Å². The number of rotatable bonds is 9. The number of anilines is 2. The van der Waals surface area contributed by atoms with Crippen molar-refractivity contribution in [1.82, 2.24) is 19.7 Å². The minimum Gasteiger partial charge on any atom is -0.489 e. The van der Waals surface area contributed by atoms with E-state index in [1.165, 1.54) is 11.1 Å².